The fourth-order valence-corrected chi connectivity index (χ4v) is 2.97. The van der Waals surface area contributed by atoms with Crippen molar-refractivity contribution in [2.75, 3.05) is 13.1 Å². The predicted octanol–water partition coefficient (Wildman–Crippen LogP) is 1.35. The summed E-state index contributed by atoms with van der Waals surface area (Å²) >= 11 is 0. The van der Waals surface area contributed by atoms with E-state index in [-0.39, 0.29) is 11.9 Å². The molecule has 3 unspecified atom stereocenters. The van der Waals surface area contributed by atoms with Crippen LogP contribution in [0, 0.1) is 5.92 Å². The minimum atomic E-state index is -0.598. The molecule has 1 fully saturated rings. The number of carbonyl (C=O) groups is 1. The second kappa shape index (κ2) is 6.02. The van der Waals surface area contributed by atoms with Crippen molar-refractivity contribution in [2.45, 2.75) is 65.1 Å². The van der Waals surface area contributed by atoms with Crippen molar-refractivity contribution in [1.82, 2.24) is 10.2 Å². The molecular weight excluding hydrogens is 226 g/mol. The van der Waals surface area contributed by atoms with Gasteiger partial charge in [0, 0.05) is 25.2 Å². The summed E-state index contributed by atoms with van der Waals surface area (Å²) in [4.78, 5) is 14.1. The van der Waals surface area contributed by atoms with Gasteiger partial charge in [-0.25, -0.2) is 0 Å². The van der Waals surface area contributed by atoms with Gasteiger partial charge in [0.15, 0.2) is 0 Å². The fraction of sp³-hybridized carbons (Fsp3) is 0.929. The third-order valence-electron chi connectivity index (χ3n) is 3.96. The standard InChI is InChI=1S/C14H29N3O/c1-10(2)16-14(5,13(15)18)6-7-17-9-11(3)8-12(17)4/h10-12,16H,6-9H2,1-5H3,(H2,15,18). The smallest absolute Gasteiger partial charge is 0.237 e. The van der Waals surface area contributed by atoms with Crippen LogP contribution >= 0.6 is 0 Å². The molecule has 0 aliphatic carbocycles. The van der Waals surface area contributed by atoms with Crippen LogP contribution in [0.4, 0.5) is 0 Å². The molecule has 0 bridgehead atoms. The topological polar surface area (TPSA) is 58.4 Å². The molecule has 0 spiro atoms. The monoisotopic (exact) mass is 255 g/mol. The lowest BCUT2D eigenvalue weighted by Gasteiger charge is -2.32. The molecule has 18 heavy (non-hydrogen) atoms. The van der Waals surface area contributed by atoms with E-state index in [4.69, 9.17) is 5.73 Å². The molecule has 0 aromatic heterocycles. The molecule has 106 valence electrons. The highest BCUT2D eigenvalue weighted by Crippen LogP contribution is 2.23. The number of primary amides is 1. The van der Waals surface area contributed by atoms with Crippen molar-refractivity contribution in [3.05, 3.63) is 0 Å². The van der Waals surface area contributed by atoms with Crippen molar-refractivity contribution in [3.8, 4) is 0 Å². The highest BCUT2D eigenvalue weighted by atomic mass is 16.1. The Morgan fingerprint density at radius 1 is 1.50 bits per heavy atom. The van der Waals surface area contributed by atoms with Gasteiger partial charge in [-0.3, -0.25) is 4.79 Å². The van der Waals surface area contributed by atoms with E-state index in [2.05, 4.69) is 24.1 Å². The molecule has 4 nitrogen and oxygen atoms in total. The first kappa shape index (κ1) is 15.4. The molecule has 4 heteroatoms. The van der Waals surface area contributed by atoms with Crippen LogP contribution in [0.15, 0.2) is 0 Å². The lowest BCUT2D eigenvalue weighted by molar-refractivity contribution is -0.124. The first-order chi connectivity index (χ1) is 8.24. The third kappa shape index (κ3) is 3.95. The van der Waals surface area contributed by atoms with Gasteiger partial charge in [-0.05, 0) is 46.5 Å². The summed E-state index contributed by atoms with van der Waals surface area (Å²) in [5.74, 6) is 0.508. The zero-order valence-electron chi connectivity index (χ0n) is 12.5. The summed E-state index contributed by atoms with van der Waals surface area (Å²) in [5.41, 5.74) is 4.95. The summed E-state index contributed by atoms with van der Waals surface area (Å²) in [7, 11) is 0. The normalized spacial score (nSPS) is 28.6. The van der Waals surface area contributed by atoms with E-state index in [0.717, 1.165) is 25.4 Å². The van der Waals surface area contributed by atoms with E-state index >= 15 is 0 Å². The Morgan fingerprint density at radius 2 is 2.11 bits per heavy atom. The zero-order chi connectivity index (χ0) is 13.9. The van der Waals surface area contributed by atoms with Gasteiger partial charge in [-0.2, -0.15) is 0 Å². The van der Waals surface area contributed by atoms with Crippen LogP contribution in [0.2, 0.25) is 0 Å². The van der Waals surface area contributed by atoms with Gasteiger partial charge in [0.25, 0.3) is 0 Å². The van der Waals surface area contributed by atoms with Crippen LogP contribution in [-0.2, 0) is 4.79 Å². The van der Waals surface area contributed by atoms with E-state index in [1.54, 1.807) is 0 Å². The van der Waals surface area contributed by atoms with E-state index in [1.807, 2.05) is 20.8 Å². The van der Waals surface area contributed by atoms with E-state index in [9.17, 15) is 4.79 Å². The third-order valence-corrected chi connectivity index (χ3v) is 3.96. The number of hydrogen-bond donors (Lipinski definition) is 2. The van der Waals surface area contributed by atoms with Crippen molar-refractivity contribution >= 4 is 5.91 Å². The Balaban J connectivity index is 2.55. The summed E-state index contributed by atoms with van der Waals surface area (Å²) in [6.07, 6.45) is 2.03. The average Bonchev–Trinajstić information content (AvgIpc) is 2.53. The molecule has 1 amide bonds. The van der Waals surface area contributed by atoms with E-state index < -0.39 is 5.54 Å². The van der Waals surface area contributed by atoms with Gasteiger partial charge in [0.05, 0.1) is 5.54 Å². The van der Waals surface area contributed by atoms with Crippen LogP contribution < -0.4 is 11.1 Å². The van der Waals surface area contributed by atoms with Gasteiger partial charge < -0.3 is 16.0 Å². The maximum Gasteiger partial charge on any atom is 0.237 e. The van der Waals surface area contributed by atoms with E-state index in [1.165, 1.54) is 6.42 Å². The number of carbonyl (C=O) groups excluding carboxylic acids is 1. The Labute approximate surface area is 111 Å². The first-order valence-electron chi connectivity index (χ1n) is 7.06. The van der Waals surface area contributed by atoms with Crippen LogP contribution in [-0.4, -0.2) is 41.5 Å². The van der Waals surface area contributed by atoms with Gasteiger partial charge in [0.2, 0.25) is 5.91 Å². The van der Waals surface area contributed by atoms with Crippen molar-refractivity contribution in [1.29, 1.82) is 0 Å². The number of nitrogens with zero attached hydrogens (tertiary/aromatic N) is 1. The van der Waals surface area contributed by atoms with Gasteiger partial charge >= 0.3 is 0 Å². The number of rotatable bonds is 6. The van der Waals surface area contributed by atoms with Crippen molar-refractivity contribution in [2.24, 2.45) is 11.7 Å². The molecule has 1 heterocycles. The molecule has 0 radical (unpaired) electrons. The van der Waals surface area contributed by atoms with Crippen molar-refractivity contribution in [3.63, 3.8) is 0 Å². The van der Waals surface area contributed by atoms with Crippen LogP contribution in [0.3, 0.4) is 0 Å². The molecule has 0 saturated carbocycles. The summed E-state index contributed by atoms with van der Waals surface area (Å²) in [6.45, 7) is 12.6. The van der Waals surface area contributed by atoms with Gasteiger partial charge in [0.1, 0.15) is 0 Å². The maximum atomic E-state index is 11.6. The Bertz CT molecular complexity index is 293. The summed E-state index contributed by atoms with van der Waals surface area (Å²) < 4.78 is 0. The van der Waals surface area contributed by atoms with Gasteiger partial charge in [-0.15, -0.1) is 0 Å². The predicted molar refractivity (Wildman–Crippen MR) is 75.3 cm³/mol. The minimum absolute atomic E-state index is 0.254. The molecule has 3 N–H and O–H groups in total. The minimum Gasteiger partial charge on any atom is -0.368 e. The summed E-state index contributed by atoms with van der Waals surface area (Å²) in [5, 5.41) is 3.30. The fourth-order valence-electron chi connectivity index (χ4n) is 2.97. The Hall–Kier alpha value is -0.610. The largest absolute Gasteiger partial charge is 0.368 e. The lowest BCUT2D eigenvalue weighted by atomic mass is 9.95. The SMILES string of the molecule is CC1CC(C)N(CCC(C)(NC(C)C)C(N)=O)C1. The van der Waals surface area contributed by atoms with Crippen LogP contribution in [0.5, 0.6) is 0 Å². The highest BCUT2D eigenvalue weighted by Gasteiger charge is 2.34. The molecule has 1 saturated heterocycles. The quantitative estimate of drug-likeness (QED) is 0.753. The van der Waals surface area contributed by atoms with Crippen LogP contribution in [0.25, 0.3) is 0 Å². The number of nitrogens with two attached hydrogens (primary N) is 1. The molecular formula is C14H29N3O. The summed E-state index contributed by atoms with van der Waals surface area (Å²) in [6, 6.07) is 0.883. The highest BCUT2D eigenvalue weighted by molar-refractivity contribution is 5.84. The Morgan fingerprint density at radius 3 is 2.50 bits per heavy atom. The molecule has 1 aliphatic heterocycles. The number of nitrogens with one attached hydrogen (secondary N) is 1. The van der Waals surface area contributed by atoms with Crippen LogP contribution in [0.1, 0.15) is 47.5 Å². The number of hydrogen-bond acceptors (Lipinski definition) is 3. The molecule has 0 aromatic carbocycles. The second-order valence-corrected chi connectivity index (χ2v) is 6.43. The van der Waals surface area contributed by atoms with E-state index in [0.29, 0.717) is 6.04 Å². The number of likely N-dealkylation sites (tertiary alicyclic amines) is 1. The lowest BCUT2D eigenvalue weighted by Crippen LogP contribution is -2.56. The maximum absolute atomic E-state index is 11.6. The van der Waals surface area contributed by atoms with Crippen molar-refractivity contribution < 1.29 is 4.79 Å². The molecule has 3 atom stereocenters. The second-order valence-electron chi connectivity index (χ2n) is 6.43. The molecule has 0 aromatic rings. The zero-order valence-corrected chi connectivity index (χ0v) is 12.5. The Kier molecular flexibility index (Phi) is 5.17. The number of amides is 1. The molecule has 1 rings (SSSR count). The van der Waals surface area contributed by atoms with Gasteiger partial charge in [-0.1, -0.05) is 6.92 Å². The average molecular weight is 255 g/mol. The first-order valence-corrected chi connectivity index (χ1v) is 7.06. The molecule has 1 aliphatic rings.